The van der Waals surface area contributed by atoms with Gasteiger partial charge in [0, 0.05) is 43.8 Å². The van der Waals surface area contributed by atoms with Gasteiger partial charge in [0.15, 0.2) is 0 Å². The predicted molar refractivity (Wildman–Crippen MR) is 94.2 cm³/mol. The van der Waals surface area contributed by atoms with Crippen LogP contribution in [-0.2, 0) is 11.3 Å². The highest BCUT2D eigenvalue weighted by atomic mass is 16.5. The van der Waals surface area contributed by atoms with E-state index in [-0.39, 0.29) is 11.8 Å². The molecule has 3 heterocycles. The molecule has 1 fully saturated rings. The molecule has 1 aliphatic heterocycles. The van der Waals surface area contributed by atoms with Crippen LogP contribution in [0.15, 0.2) is 36.8 Å². The second-order valence-corrected chi connectivity index (χ2v) is 5.95. The molecule has 1 unspecified atom stereocenters. The highest BCUT2D eigenvalue weighted by Gasteiger charge is 2.27. The molecule has 7 nitrogen and oxygen atoms in total. The summed E-state index contributed by atoms with van der Waals surface area (Å²) in [5.41, 5.74) is 0.886. The summed E-state index contributed by atoms with van der Waals surface area (Å²) in [5.74, 6) is 1.25. The molecule has 1 N–H and O–H groups in total. The molecular formula is C18H23N5O2. The summed E-state index contributed by atoms with van der Waals surface area (Å²) in [6.45, 7) is 4.40. The van der Waals surface area contributed by atoms with Crippen molar-refractivity contribution in [2.24, 2.45) is 5.92 Å². The first kappa shape index (κ1) is 17.1. The number of nitrogens with zero attached hydrogens (tertiary/aromatic N) is 4. The summed E-state index contributed by atoms with van der Waals surface area (Å²) < 4.78 is 5.50. The van der Waals surface area contributed by atoms with Crippen molar-refractivity contribution < 1.29 is 9.53 Å². The normalized spacial score (nSPS) is 17.2. The van der Waals surface area contributed by atoms with Crippen LogP contribution in [0.1, 0.15) is 25.3 Å². The topological polar surface area (TPSA) is 80.2 Å². The van der Waals surface area contributed by atoms with E-state index in [2.05, 4.69) is 25.2 Å². The summed E-state index contributed by atoms with van der Waals surface area (Å²) in [4.78, 5) is 27.4. The van der Waals surface area contributed by atoms with Gasteiger partial charge in [-0.3, -0.25) is 4.79 Å². The number of carbonyl (C=O) groups excluding carboxylic acids is 1. The smallest absolute Gasteiger partial charge is 0.225 e. The van der Waals surface area contributed by atoms with Crippen LogP contribution in [0.25, 0.3) is 0 Å². The second-order valence-electron chi connectivity index (χ2n) is 5.95. The molecule has 1 amide bonds. The van der Waals surface area contributed by atoms with Crippen LogP contribution < -0.4 is 15.0 Å². The average molecular weight is 341 g/mol. The van der Waals surface area contributed by atoms with Gasteiger partial charge in [0.1, 0.15) is 0 Å². The third-order valence-corrected chi connectivity index (χ3v) is 4.21. The van der Waals surface area contributed by atoms with Crippen molar-refractivity contribution >= 4 is 11.9 Å². The molecule has 0 radical (unpaired) electrons. The molecule has 7 heteroatoms. The van der Waals surface area contributed by atoms with E-state index in [1.165, 1.54) is 0 Å². The number of piperidine rings is 1. The van der Waals surface area contributed by atoms with E-state index >= 15 is 0 Å². The number of hydrogen-bond donors (Lipinski definition) is 1. The number of pyridine rings is 1. The van der Waals surface area contributed by atoms with Crippen LogP contribution in [0.3, 0.4) is 0 Å². The third-order valence-electron chi connectivity index (χ3n) is 4.21. The summed E-state index contributed by atoms with van der Waals surface area (Å²) in [6, 6.07) is 5.56. The summed E-state index contributed by atoms with van der Waals surface area (Å²) in [6.07, 6.45) is 6.97. The fourth-order valence-corrected chi connectivity index (χ4v) is 2.98. The van der Waals surface area contributed by atoms with Gasteiger partial charge in [-0.05, 0) is 31.9 Å². The lowest BCUT2D eigenvalue weighted by Gasteiger charge is -2.31. The Balaban J connectivity index is 1.58. The number of aromatic nitrogens is 3. The summed E-state index contributed by atoms with van der Waals surface area (Å²) in [5, 5.41) is 3.01. The zero-order valence-corrected chi connectivity index (χ0v) is 14.4. The highest BCUT2D eigenvalue weighted by molar-refractivity contribution is 5.79. The van der Waals surface area contributed by atoms with E-state index in [1.807, 2.05) is 19.1 Å². The first-order valence-electron chi connectivity index (χ1n) is 8.64. The van der Waals surface area contributed by atoms with Gasteiger partial charge in [-0.2, -0.15) is 0 Å². The molecule has 1 saturated heterocycles. The first-order valence-corrected chi connectivity index (χ1v) is 8.64. The number of nitrogens with one attached hydrogen (secondary N) is 1. The Labute approximate surface area is 147 Å². The number of ether oxygens (including phenoxy) is 1. The van der Waals surface area contributed by atoms with Crippen molar-refractivity contribution in [2.45, 2.75) is 26.3 Å². The van der Waals surface area contributed by atoms with E-state index in [0.717, 1.165) is 24.9 Å². The standard InChI is InChI=1S/C18H23N5O2/c1-2-25-17-14(6-3-8-19-17)12-22-16(24)15-7-4-11-23(13-15)18-20-9-5-10-21-18/h3,5-6,8-10,15H,2,4,7,11-13H2,1H3,(H,22,24). The molecule has 0 bridgehead atoms. The Morgan fingerprint density at radius 2 is 2.08 bits per heavy atom. The zero-order valence-electron chi connectivity index (χ0n) is 14.4. The van der Waals surface area contributed by atoms with Crippen molar-refractivity contribution in [1.82, 2.24) is 20.3 Å². The van der Waals surface area contributed by atoms with E-state index in [0.29, 0.717) is 31.5 Å². The number of rotatable bonds is 6. The van der Waals surface area contributed by atoms with Gasteiger partial charge in [0.2, 0.25) is 17.7 Å². The van der Waals surface area contributed by atoms with Crippen molar-refractivity contribution in [3.8, 4) is 5.88 Å². The third kappa shape index (κ3) is 4.43. The van der Waals surface area contributed by atoms with Crippen LogP contribution in [-0.4, -0.2) is 40.6 Å². The van der Waals surface area contributed by atoms with Crippen molar-refractivity contribution in [3.05, 3.63) is 42.4 Å². The van der Waals surface area contributed by atoms with E-state index in [1.54, 1.807) is 24.7 Å². The number of carbonyl (C=O) groups is 1. The van der Waals surface area contributed by atoms with E-state index < -0.39 is 0 Å². The monoisotopic (exact) mass is 341 g/mol. The van der Waals surface area contributed by atoms with Crippen molar-refractivity contribution in [3.63, 3.8) is 0 Å². The fraction of sp³-hybridized carbons (Fsp3) is 0.444. The number of anilines is 1. The zero-order chi connectivity index (χ0) is 17.5. The van der Waals surface area contributed by atoms with Gasteiger partial charge < -0.3 is 15.0 Å². The number of amides is 1. The number of hydrogen-bond acceptors (Lipinski definition) is 6. The Morgan fingerprint density at radius 3 is 2.88 bits per heavy atom. The lowest BCUT2D eigenvalue weighted by Crippen LogP contribution is -2.43. The molecule has 25 heavy (non-hydrogen) atoms. The Bertz CT molecular complexity index is 695. The van der Waals surface area contributed by atoms with Gasteiger partial charge >= 0.3 is 0 Å². The maximum absolute atomic E-state index is 12.6. The molecule has 0 aromatic carbocycles. The minimum atomic E-state index is -0.0650. The Hall–Kier alpha value is -2.70. The summed E-state index contributed by atoms with van der Waals surface area (Å²) >= 11 is 0. The first-order chi connectivity index (χ1) is 12.3. The summed E-state index contributed by atoms with van der Waals surface area (Å²) in [7, 11) is 0. The van der Waals surface area contributed by atoms with Gasteiger partial charge in [-0.25, -0.2) is 15.0 Å². The molecule has 0 aliphatic carbocycles. The second kappa shape index (κ2) is 8.41. The van der Waals surface area contributed by atoms with Crippen LogP contribution >= 0.6 is 0 Å². The molecule has 2 aromatic heterocycles. The molecule has 0 spiro atoms. The Morgan fingerprint density at radius 1 is 1.28 bits per heavy atom. The highest BCUT2D eigenvalue weighted by Crippen LogP contribution is 2.20. The van der Waals surface area contributed by atoms with Gasteiger partial charge in [0.05, 0.1) is 12.5 Å². The maximum Gasteiger partial charge on any atom is 0.225 e. The van der Waals surface area contributed by atoms with Crippen LogP contribution in [0.5, 0.6) is 5.88 Å². The molecule has 1 aliphatic rings. The maximum atomic E-state index is 12.6. The Kier molecular flexibility index (Phi) is 5.77. The van der Waals surface area contributed by atoms with Crippen LogP contribution in [0, 0.1) is 5.92 Å². The SMILES string of the molecule is CCOc1ncccc1CNC(=O)C1CCCN(c2ncccn2)C1. The lowest BCUT2D eigenvalue weighted by atomic mass is 9.97. The molecule has 132 valence electrons. The van der Waals surface area contributed by atoms with Gasteiger partial charge in [0.25, 0.3) is 0 Å². The van der Waals surface area contributed by atoms with Crippen molar-refractivity contribution in [2.75, 3.05) is 24.6 Å². The fourth-order valence-electron chi connectivity index (χ4n) is 2.98. The molecule has 2 aromatic rings. The van der Waals surface area contributed by atoms with Crippen LogP contribution in [0.2, 0.25) is 0 Å². The van der Waals surface area contributed by atoms with Crippen molar-refractivity contribution in [1.29, 1.82) is 0 Å². The lowest BCUT2D eigenvalue weighted by molar-refractivity contribution is -0.125. The molecule has 0 saturated carbocycles. The quantitative estimate of drug-likeness (QED) is 0.863. The van der Waals surface area contributed by atoms with Gasteiger partial charge in [-0.1, -0.05) is 6.07 Å². The minimum Gasteiger partial charge on any atom is -0.478 e. The van der Waals surface area contributed by atoms with E-state index in [4.69, 9.17) is 4.74 Å². The minimum absolute atomic E-state index is 0.0481. The largest absolute Gasteiger partial charge is 0.478 e. The van der Waals surface area contributed by atoms with Crippen LogP contribution in [0.4, 0.5) is 5.95 Å². The molecule has 1 atom stereocenters. The average Bonchev–Trinajstić information content (AvgIpc) is 2.68. The van der Waals surface area contributed by atoms with Gasteiger partial charge in [-0.15, -0.1) is 0 Å². The molecule has 3 rings (SSSR count). The molecular weight excluding hydrogens is 318 g/mol. The predicted octanol–water partition coefficient (Wildman–Crippen LogP) is 1.80. The van der Waals surface area contributed by atoms with E-state index in [9.17, 15) is 4.79 Å².